The summed E-state index contributed by atoms with van der Waals surface area (Å²) in [5, 5.41) is 0. The van der Waals surface area contributed by atoms with E-state index in [1.54, 1.807) is 30.9 Å². The van der Waals surface area contributed by atoms with Gasteiger partial charge in [0.2, 0.25) is 5.95 Å². The van der Waals surface area contributed by atoms with E-state index in [0.717, 1.165) is 5.56 Å². The van der Waals surface area contributed by atoms with E-state index in [2.05, 4.69) is 32.9 Å². The molecule has 71 valence electrons. The first-order valence-corrected chi connectivity index (χ1v) is 4.25. The number of rotatable bonds is 0. The molecule has 0 aliphatic rings. The van der Waals surface area contributed by atoms with Crippen LogP contribution in [0.4, 0.5) is 5.95 Å². The highest BCUT2D eigenvalue weighted by molar-refractivity contribution is 5.40. The fourth-order valence-corrected chi connectivity index (χ4v) is 0.940. The van der Waals surface area contributed by atoms with E-state index in [-0.39, 0.29) is 5.95 Å². The molecule has 0 aliphatic carbocycles. The second-order valence-corrected chi connectivity index (χ2v) is 2.75. The summed E-state index contributed by atoms with van der Waals surface area (Å²) in [7, 11) is 0. The lowest BCUT2D eigenvalue weighted by atomic mass is 10.2. The van der Waals surface area contributed by atoms with Crippen molar-refractivity contribution in [3.8, 4) is 11.8 Å². The molecule has 0 bridgehead atoms. The average Bonchev–Trinajstić information content (AvgIpc) is 2.30. The Labute approximate surface area is 87.2 Å². The predicted molar refractivity (Wildman–Crippen MR) is 55.5 cm³/mol. The Morgan fingerprint density at radius 1 is 1.07 bits per heavy atom. The maximum atomic E-state index is 5.35. The third-order valence-corrected chi connectivity index (χ3v) is 1.62. The van der Waals surface area contributed by atoms with Gasteiger partial charge >= 0.3 is 0 Å². The van der Waals surface area contributed by atoms with Gasteiger partial charge in [-0.05, 0) is 6.07 Å². The Hall–Kier alpha value is -2.41. The zero-order chi connectivity index (χ0) is 10.5. The fraction of sp³-hybridized carbons (Fsp3) is 0. The van der Waals surface area contributed by atoms with Crippen molar-refractivity contribution in [2.75, 3.05) is 5.73 Å². The van der Waals surface area contributed by atoms with E-state index in [0.29, 0.717) is 5.56 Å². The first-order valence-electron chi connectivity index (χ1n) is 4.25. The molecule has 15 heavy (non-hydrogen) atoms. The summed E-state index contributed by atoms with van der Waals surface area (Å²) in [5.74, 6) is 6.06. The van der Waals surface area contributed by atoms with Crippen LogP contribution >= 0.6 is 0 Å². The minimum atomic E-state index is 0.246. The number of nitrogens with two attached hydrogens (primary N) is 1. The van der Waals surface area contributed by atoms with Crippen molar-refractivity contribution in [1.29, 1.82) is 0 Å². The van der Waals surface area contributed by atoms with Gasteiger partial charge in [-0.3, -0.25) is 4.98 Å². The molecule has 0 spiro atoms. The molecule has 2 aromatic rings. The molecule has 2 heterocycles. The van der Waals surface area contributed by atoms with Crippen molar-refractivity contribution in [1.82, 2.24) is 15.0 Å². The highest BCUT2D eigenvalue weighted by Crippen LogP contribution is 1.96. The Bertz CT molecular complexity index is 494. The van der Waals surface area contributed by atoms with E-state index in [4.69, 9.17) is 5.73 Å². The van der Waals surface area contributed by atoms with Crippen LogP contribution in [0.2, 0.25) is 0 Å². The van der Waals surface area contributed by atoms with Gasteiger partial charge in [0.1, 0.15) is 0 Å². The molecule has 0 fully saturated rings. The molecule has 0 saturated carbocycles. The van der Waals surface area contributed by atoms with Gasteiger partial charge in [0.05, 0.1) is 5.56 Å². The molecule has 0 atom stereocenters. The number of aromatic nitrogens is 3. The van der Waals surface area contributed by atoms with Gasteiger partial charge in [-0.15, -0.1) is 0 Å². The molecule has 2 aromatic heterocycles. The number of hydrogen-bond acceptors (Lipinski definition) is 4. The van der Waals surface area contributed by atoms with Crippen molar-refractivity contribution in [3.05, 3.63) is 48.0 Å². The molecule has 4 nitrogen and oxygen atoms in total. The highest BCUT2D eigenvalue weighted by Gasteiger charge is 1.89. The molecule has 0 aliphatic heterocycles. The third kappa shape index (κ3) is 2.51. The van der Waals surface area contributed by atoms with Crippen molar-refractivity contribution >= 4 is 5.95 Å². The summed E-state index contributed by atoms with van der Waals surface area (Å²) in [5.41, 5.74) is 6.86. The lowest BCUT2D eigenvalue weighted by molar-refractivity contribution is 1.17. The van der Waals surface area contributed by atoms with Crippen molar-refractivity contribution in [2.24, 2.45) is 0 Å². The van der Waals surface area contributed by atoms with Gasteiger partial charge in [-0.1, -0.05) is 11.8 Å². The maximum absolute atomic E-state index is 5.35. The summed E-state index contributed by atoms with van der Waals surface area (Å²) in [6.07, 6.45) is 6.41. The van der Waals surface area contributed by atoms with Gasteiger partial charge < -0.3 is 5.73 Å². The number of nitrogens with zero attached hydrogens (tertiary/aromatic N) is 3. The van der Waals surface area contributed by atoms with Crippen molar-refractivity contribution < 1.29 is 0 Å². The number of pyridine rings is 1. The monoisotopic (exact) mass is 195 g/mol. The van der Waals surface area contributed by atoms with E-state index >= 15 is 0 Å². The average molecular weight is 195 g/mol. The summed E-state index contributed by atoms with van der Waals surface area (Å²) in [6.45, 7) is 0. The molecule has 1 radical (unpaired) electrons. The van der Waals surface area contributed by atoms with Crippen LogP contribution in [0.25, 0.3) is 0 Å². The first-order chi connectivity index (χ1) is 7.34. The summed E-state index contributed by atoms with van der Waals surface area (Å²) >= 11 is 0. The van der Waals surface area contributed by atoms with Crippen LogP contribution in [0.15, 0.2) is 30.9 Å². The van der Waals surface area contributed by atoms with E-state index in [9.17, 15) is 0 Å². The van der Waals surface area contributed by atoms with Crippen LogP contribution < -0.4 is 5.73 Å². The zero-order valence-electron chi connectivity index (χ0n) is 7.81. The van der Waals surface area contributed by atoms with Crippen LogP contribution in [-0.4, -0.2) is 15.0 Å². The van der Waals surface area contributed by atoms with Crippen LogP contribution in [0.3, 0.4) is 0 Å². The lowest BCUT2D eigenvalue weighted by Gasteiger charge is -1.90. The Balaban J connectivity index is 2.22. The van der Waals surface area contributed by atoms with Gasteiger partial charge in [-0.25, -0.2) is 9.97 Å². The van der Waals surface area contributed by atoms with Crippen LogP contribution in [0.1, 0.15) is 11.1 Å². The zero-order valence-corrected chi connectivity index (χ0v) is 7.81. The van der Waals surface area contributed by atoms with E-state index in [1.165, 1.54) is 0 Å². The molecule has 4 heteroatoms. The molecular formula is C11H7N4. The number of anilines is 1. The molecule has 0 unspecified atom stereocenters. The van der Waals surface area contributed by atoms with Crippen molar-refractivity contribution in [3.63, 3.8) is 0 Å². The molecule has 2 N–H and O–H groups in total. The highest BCUT2D eigenvalue weighted by atomic mass is 15.0. The first kappa shape index (κ1) is 9.16. The predicted octanol–water partition coefficient (Wildman–Crippen LogP) is 0.654. The topological polar surface area (TPSA) is 64.7 Å². The largest absolute Gasteiger partial charge is 0.368 e. The van der Waals surface area contributed by atoms with Crippen molar-refractivity contribution in [2.45, 2.75) is 0 Å². The quantitative estimate of drug-likeness (QED) is 0.627. The minimum absolute atomic E-state index is 0.246. The standard InChI is InChI=1S/C11H7N4/c12-11-14-7-10(8-15-11)4-3-9-2-1-5-13-6-9/h2,5-8H,(H2,12,14,15). The minimum Gasteiger partial charge on any atom is -0.368 e. The van der Waals surface area contributed by atoms with Crippen LogP contribution in [-0.2, 0) is 0 Å². The van der Waals surface area contributed by atoms with Crippen LogP contribution in [0, 0.1) is 17.9 Å². The second kappa shape index (κ2) is 4.20. The third-order valence-electron chi connectivity index (χ3n) is 1.62. The summed E-state index contributed by atoms with van der Waals surface area (Å²) < 4.78 is 0. The van der Waals surface area contributed by atoms with Gasteiger partial charge in [-0.2, -0.15) is 0 Å². The van der Waals surface area contributed by atoms with E-state index < -0.39 is 0 Å². The molecule has 0 amide bonds. The molecule has 2 rings (SSSR count). The Morgan fingerprint density at radius 2 is 1.80 bits per heavy atom. The number of nitrogen functional groups attached to an aromatic ring is 1. The Morgan fingerprint density at radius 3 is 2.47 bits per heavy atom. The van der Waals surface area contributed by atoms with E-state index in [1.807, 2.05) is 0 Å². The Kier molecular flexibility index (Phi) is 2.56. The SMILES string of the molecule is Nc1ncc(C#Cc2c[c]cnc2)cn1. The maximum Gasteiger partial charge on any atom is 0.219 e. The van der Waals surface area contributed by atoms with Crippen LogP contribution in [0.5, 0.6) is 0 Å². The van der Waals surface area contributed by atoms with Gasteiger partial charge in [0.15, 0.2) is 0 Å². The summed E-state index contributed by atoms with van der Waals surface area (Å²) in [6, 6.07) is 4.60. The van der Waals surface area contributed by atoms with Gasteiger partial charge in [0, 0.05) is 36.4 Å². The fourth-order valence-electron chi connectivity index (χ4n) is 0.940. The number of hydrogen-bond donors (Lipinski definition) is 1. The molecular weight excluding hydrogens is 188 g/mol. The summed E-state index contributed by atoms with van der Waals surface area (Å²) in [4.78, 5) is 11.6. The van der Waals surface area contributed by atoms with Gasteiger partial charge in [0.25, 0.3) is 0 Å². The lowest BCUT2D eigenvalue weighted by Crippen LogP contribution is -1.93. The molecule has 0 aromatic carbocycles. The second-order valence-electron chi connectivity index (χ2n) is 2.75. The molecule has 0 saturated heterocycles. The smallest absolute Gasteiger partial charge is 0.219 e. The normalized spacial score (nSPS) is 9.07.